The monoisotopic (exact) mass is 399 g/mol. The van der Waals surface area contributed by atoms with Gasteiger partial charge < -0.3 is 4.74 Å². The van der Waals surface area contributed by atoms with Crippen LogP contribution in [-0.4, -0.2) is 28.0 Å². The van der Waals surface area contributed by atoms with Crippen molar-refractivity contribution in [1.82, 2.24) is 10.2 Å². The Morgan fingerprint density at radius 1 is 1.50 bits per heavy atom. The zero-order valence-electron chi connectivity index (χ0n) is 11.8. The first-order chi connectivity index (χ1) is 10.6. The lowest BCUT2D eigenvalue weighted by molar-refractivity contribution is -0.122. The summed E-state index contributed by atoms with van der Waals surface area (Å²) in [5.74, 6) is 1.12. The number of benzene rings is 1. The summed E-state index contributed by atoms with van der Waals surface area (Å²) in [7, 11) is 0. The molecule has 0 aliphatic rings. The molecule has 0 bridgehead atoms. The molecular weight excluding hydrogens is 386 g/mol. The first kappa shape index (κ1) is 17.0. The summed E-state index contributed by atoms with van der Waals surface area (Å²) in [6.45, 7) is 5.33. The first-order valence-corrected chi connectivity index (χ1v) is 8.98. The van der Waals surface area contributed by atoms with Crippen LogP contribution in [0.2, 0.25) is 0 Å². The van der Waals surface area contributed by atoms with Crippen molar-refractivity contribution < 1.29 is 9.53 Å². The number of carbonyl (C=O) groups excluding carboxylic acids is 1. The van der Waals surface area contributed by atoms with Crippen molar-refractivity contribution in [2.24, 2.45) is 0 Å². The van der Waals surface area contributed by atoms with E-state index in [1.165, 1.54) is 23.1 Å². The van der Waals surface area contributed by atoms with Crippen LogP contribution in [-0.2, 0) is 4.79 Å². The molecule has 0 fully saturated rings. The van der Waals surface area contributed by atoms with E-state index in [1.54, 1.807) is 25.1 Å². The highest BCUT2D eigenvalue weighted by Crippen LogP contribution is 2.25. The van der Waals surface area contributed by atoms with Gasteiger partial charge in [-0.05, 0) is 31.2 Å². The molecule has 2 rings (SSSR count). The molecule has 116 valence electrons. The van der Waals surface area contributed by atoms with Crippen molar-refractivity contribution in [1.29, 1.82) is 0 Å². The number of nitrogens with one attached hydrogen (secondary N) is 1. The number of halogens is 1. The van der Waals surface area contributed by atoms with Gasteiger partial charge in [0.05, 0.1) is 0 Å². The molecule has 1 aromatic heterocycles. The van der Waals surface area contributed by atoms with Gasteiger partial charge in [-0.15, -0.1) is 16.8 Å². The minimum Gasteiger partial charge on any atom is -0.481 e. The zero-order chi connectivity index (χ0) is 15.9. The number of carbonyl (C=O) groups is 1. The summed E-state index contributed by atoms with van der Waals surface area (Å²) in [6, 6.07) is 7.30. The van der Waals surface area contributed by atoms with E-state index in [2.05, 4.69) is 38.0 Å². The van der Waals surface area contributed by atoms with Crippen LogP contribution >= 0.6 is 39.0 Å². The van der Waals surface area contributed by atoms with Gasteiger partial charge in [-0.1, -0.05) is 45.1 Å². The molecular formula is C14H14BrN3O2S2. The van der Waals surface area contributed by atoms with E-state index < -0.39 is 6.10 Å². The van der Waals surface area contributed by atoms with Crippen molar-refractivity contribution in [3.05, 3.63) is 41.4 Å². The van der Waals surface area contributed by atoms with E-state index >= 15 is 0 Å². The third kappa shape index (κ3) is 5.11. The third-order valence-corrected chi connectivity index (χ3v) is 4.95. The van der Waals surface area contributed by atoms with Crippen LogP contribution in [0.25, 0.3) is 0 Å². The molecule has 8 heteroatoms. The van der Waals surface area contributed by atoms with Crippen LogP contribution in [0.15, 0.2) is 45.7 Å². The molecule has 1 N–H and O–H groups in total. The molecule has 0 saturated heterocycles. The molecule has 2 aromatic rings. The van der Waals surface area contributed by atoms with Gasteiger partial charge in [0.25, 0.3) is 5.91 Å². The second-order valence-corrected chi connectivity index (χ2v) is 7.34. The predicted octanol–water partition coefficient (Wildman–Crippen LogP) is 3.98. The van der Waals surface area contributed by atoms with Crippen molar-refractivity contribution in [3.63, 3.8) is 0 Å². The summed E-state index contributed by atoms with van der Waals surface area (Å²) in [5.41, 5.74) is 0. The number of nitrogens with zero attached hydrogens (tertiary/aromatic N) is 2. The van der Waals surface area contributed by atoms with Gasteiger partial charge in [0.15, 0.2) is 10.4 Å². The van der Waals surface area contributed by atoms with E-state index in [4.69, 9.17) is 4.74 Å². The molecule has 1 aromatic carbocycles. The Labute approximate surface area is 145 Å². The number of hydrogen-bond donors (Lipinski definition) is 1. The molecule has 5 nitrogen and oxygen atoms in total. The molecule has 22 heavy (non-hydrogen) atoms. The quantitative estimate of drug-likeness (QED) is 0.433. The van der Waals surface area contributed by atoms with Crippen molar-refractivity contribution in [2.75, 3.05) is 11.1 Å². The van der Waals surface area contributed by atoms with Gasteiger partial charge in [0, 0.05) is 10.2 Å². The van der Waals surface area contributed by atoms with E-state index in [9.17, 15) is 4.79 Å². The maximum Gasteiger partial charge on any atom is 0.266 e. The number of ether oxygens (including phenoxy) is 1. The Kier molecular flexibility index (Phi) is 6.41. The Balaban J connectivity index is 1.89. The van der Waals surface area contributed by atoms with Crippen LogP contribution in [0.3, 0.4) is 0 Å². The second kappa shape index (κ2) is 8.30. The smallest absolute Gasteiger partial charge is 0.266 e. The fourth-order valence-electron chi connectivity index (χ4n) is 1.43. The van der Waals surface area contributed by atoms with Gasteiger partial charge in [-0.2, -0.15) is 0 Å². The maximum atomic E-state index is 12.1. The van der Waals surface area contributed by atoms with Gasteiger partial charge in [0.2, 0.25) is 5.13 Å². The first-order valence-electron chi connectivity index (χ1n) is 6.39. The Morgan fingerprint density at radius 2 is 2.23 bits per heavy atom. The van der Waals surface area contributed by atoms with E-state index in [-0.39, 0.29) is 5.91 Å². The van der Waals surface area contributed by atoms with Crippen molar-refractivity contribution >= 4 is 50.1 Å². The highest BCUT2D eigenvalue weighted by Gasteiger charge is 2.17. The zero-order valence-corrected chi connectivity index (χ0v) is 15.0. The predicted molar refractivity (Wildman–Crippen MR) is 93.7 cm³/mol. The normalized spacial score (nSPS) is 11.7. The highest BCUT2D eigenvalue weighted by molar-refractivity contribution is 9.10. The summed E-state index contributed by atoms with van der Waals surface area (Å²) in [6.07, 6.45) is 1.16. The summed E-state index contributed by atoms with van der Waals surface area (Å²) >= 11 is 6.19. The standard InChI is InChI=1S/C14H14BrN3O2S2/c1-3-8-21-14-18-17-13(22-14)16-12(19)9(2)20-11-6-4-10(15)5-7-11/h3-7,9H,1,8H2,2H3,(H,16,17,19)/t9-/m1/s1. The molecule has 0 aliphatic carbocycles. The molecule has 1 heterocycles. The maximum absolute atomic E-state index is 12.1. The fourth-order valence-corrected chi connectivity index (χ4v) is 3.21. The summed E-state index contributed by atoms with van der Waals surface area (Å²) in [4.78, 5) is 12.1. The number of thioether (sulfide) groups is 1. The number of anilines is 1. The van der Waals surface area contributed by atoms with Crippen LogP contribution < -0.4 is 10.1 Å². The molecule has 0 aliphatic heterocycles. The van der Waals surface area contributed by atoms with Gasteiger partial charge in [-0.25, -0.2) is 0 Å². The van der Waals surface area contributed by atoms with E-state index in [1.807, 2.05) is 12.1 Å². The number of hydrogen-bond acceptors (Lipinski definition) is 6. The van der Waals surface area contributed by atoms with Crippen LogP contribution in [0.1, 0.15) is 6.92 Å². The lowest BCUT2D eigenvalue weighted by Crippen LogP contribution is -2.30. The lowest BCUT2D eigenvalue weighted by Gasteiger charge is -2.13. The summed E-state index contributed by atoms with van der Waals surface area (Å²) in [5, 5.41) is 11.1. The van der Waals surface area contributed by atoms with Gasteiger partial charge in [0.1, 0.15) is 5.75 Å². The lowest BCUT2D eigenvalue weighted by atomic mass is 10.3. The summed E-state index contributed by atoms with van der Waals surface area (Å²) < 4.78 is 7.32. The van der Waals surface area contributed by atoms with Crippen molar-refractivity contribution in [3.8, 4) is 5.75 Å². The van der Waals surface area contributed by atoms with Gasteiger partial charge >= 0.3 is 0 Å². The topological polar surface area (TPSA) is 64.1 Å². The molecule has 0 spiro atoms. The Bertz CT molecular complexity index is 646. The van der Waals surface area contributed by atoms with Crippen LogP contribution in [0.4, 0.5) is 5.13 Å². The molecule has 1 atom stereocenters. The number of aromatic nitrogens is 2. The van der Waals surface area contributed by atoms with Crippen LogP contribution in [0.5, 0.6) is 5.75 Å². The van der Waals surface area contributed by atoms with E-state index in [0.29, 0.717) is 10.9 Å². The van der Waals surface area contributed by atoms with Crippen molar-refractivity contribution in [2.45, 2.75) is 17.4 Å². The molecule has 0 saturated carbocycles. The van der Waals surface area contributed by atoms with Gasteiger partial charge in [-0.3, -0.25) is 10.1 Å². The molecule has 0 unspecified atom stereocenters. The van der Waals surface area contributed by atoms with Crippen LogP contribution in [0, 0.1) is 0 Å². The fraction of sp³-hybridized carbons (Fsp3) is 0.214. The minimum atomic E-state index is -0.630. The third-order valence-electron chi connectivity index (χ3n) is 2.46. The highest BCUT2D eigenvalue weighted by atomic mass is 79.9. The Hall–Kier alpha value is -1.38. The SMILES string of the molecule is C=CCSc1nnc(NC(=O)[C@@H](C)Oc2ccc(Br)cc2)s1. The van der Waals surface area contributed by atoms with E-state index in [0.717, 1.165) is 14.6 Å². The largest absolute Gasteiger partial charge is 0.481 e. The average Bonchev–Trinajstić information content (AvgIpc) is 2.95. The molecule has 0 radical (unpaired) electrons. The Morgan fingerprint density at radius 3 is 2.91 bits per heavy atom. The second-order valence-electron chi connectivity index (χ2n) is 4.18. The molecule has 1 amide bonds. The minimum absolute atomic E-state index is 0.265. The average molecular weight is 400 g/mol. The number of rotatable bonds is 7. The number of amides is 1.